The fourth-order valence-corrected chi connectivity index (χ4v) is 3.83. The quantitative estimate of drug-likeness (QED) is 0.397. The van der Waals surface area contributed by atoms with Crippen molar-refractivity contribution in [3.05, 3.63) is 0 Å². The molecule has 0 bridgehead atoms. The normalized spacial score (nSPS) is 11.3. The zero-order valence-corrected chi connectivity index (χ0v) is 13.5. The molecule has 0 aliphatic heterocycles. The lowest BCUT2D eigenvalue weighted by molar-refractivity contribution is 0.122. The number of unbranched alkanes of at least 4 members (excludes halogenated alkanes) is 7. The second-order valence-corrected chi connectivity index (χ2v) is 7.61. The highest BCUT2D eigenvalue weighted by Gasteiger charge is 2.36. The van der Waals surface area contributed by atoms with Crippen LogP contribution in [0, 0.1) is 0 Å². The van der Waals surface area contributed by atoms with Gasteiger partial charge in [-0.2, -0.15) is 0 Å². The molecule has 0 fully saturated rings. The number of halogens is 1. The molecule has 112 valence electrons. The highest BCUT2D eigenvalue weighted by Crippen LogP contribution is 2.18. The average molecular weight is 282 g/mol. The number of hydrogen-bond acceptors (Lipinski definition) is 3. The van der Waals surface area contributed by atoms with Gasteiger partial charge in [0.25, 0.3) is 0 Å². The topological polar surface area (TPSA) is 27.7 Å². The van der Waals surface area contributed by atoms with Gasteiger partial charge in [-0.1, -0.05) is 51.9 Å². The zero-order valence-electron chi connectivity index (χ0n) is 12.5. The minimum atomic E-state index is -2.30. The Balaban J connectivity index is 0. The molecule has 0 amide bonds. The van der Waals surface area contributed by atoms with E-state index < -0.39 is 8.80 Å². The first-order valence-corrected chi connectivity index (χ1v) is 8.83. The molecular formula is C13H31FO3Si. The van der Waals surface area contributed by atoms with Crippen LogP contribution in [0.5, 0.6) is 0 Å². The maximum absolute atomic E-state index is 5.39. The van der Waals surface area contributed by atoms with Gasteiger partial charge in [-0.3, -0.25) is 4.70 Å². The summed E-state index contributed by atoms with van der Waals surface area (Å²) in [5, 5.41) is 0. The molecule has 0 spiro atoms. The van der Waals surface area contributed by atoms with Gasteiger partial charge >= 0.3 is 8.80 Å². The Bertz CT molecular complexity index is 158. The molecule has 0 aromatic heterocycles. The standard InChI is InChI=1S/C13H30O3Si.FH/c1-5-6-7-8-9-10-11-12-13-17(14-2,15-3)16-4;/h5-13H2,1-4H3;1H. The van der Waals surface area contributed by atoms with Gasteiger partial charge in [0.15, 0.2) is 0 Å². The zero-order chi connectivity index (χ0) is 13.0. The van der Waals surface area contributed by atoms with Crippen molar-refractivity contribution in [2.45, 2.75) is 64.3 Å². The monoisotopic (exact) mass is 282 g/mol. The van der Waals surface area contributed by atoms with Crippen LogP contribution in [0.3, 0.4) is 0 Å². The summed E-state index contributed by atoms with van der Waals surface area (Å²) in [5.41, 5.74) is 0. The van der Waals surface area contributed by atoms with Gasteiger partial charge in [0.2, 0.25) is 0 Å². The third-order valence-corrected chi connectivity index (χ3v) is 6.10. The second-order valence-electron chi connectivity index (χ2n) is 4.52. The van der Waals surface area contributed by atoms with Crippen molar-refractivity contribution in [3.63, 3.8) is 0 Å². The molecule has 3 nitrogen and oxygen atoms in total. The first-order chi connectivity index (χ1) is 8.24. The molecule has 0 N–H and O–H groups in total. The van der Waals surface area contributed by atoms with E-state index in [1.807, 2.05) is 0 Å². The van der Waals surface area contributed by atoms with Crippen LogP contribution in [0.15, 0.2) is 0 Å². The first kappa shape index (κ1) is 20.3. The summed E-state index contributed by atoms with van der Waals surface area (Å²) in [6, 6.07) is 0.936. The van der Waals surface area contributed by atoms with Gasteiger partial charge in [0, 0.05) is 27.4 Å². The predicted octanol–water partition coefficient (Wildman–Crippen LogP) is 4.16. The van der Waals surface area contributed by atoms with E-state index in [-0.39, 0.29) is 4.70 Å². The van der Waals surface area contributed by atoms with Gasteiger partial charge < -0.3 is 13.3 Å². The van der Waals surface area contributed by atoms with Crippen LogP contribution < -0.4 is 0 Å². The fourth-order valence-electron chi connectivity index (χ4n) is 2.03. The molecule has 0 radical (unpaired) electrons. The number of rotatable bonds is 12. The third-order valence-electron chi connectivity index (χ3n) is 3.27. The van der Waals surface area contributed by atoms with E-state index in [1.165, 1.54) is 44.9 Å². The van der Waals surface area contributed by atoms with Crippen molar-refractivity contribution in [2.75, 3.05) is 21.3 Å². The van der Waals surface area contributed by atoms with Gasteiger partial charge in [-0.25, -0.2) is 0 Å². The van der Waals surface area contributed by atoms with E-state index in [4.69, 9.17) is 13.3 Å². The molecule has 0 aliphatic carbocycles. The lowest BCUT2D eigenvalue weighted by Crippen LogP contribution is -2.42. The van der Waals surface area contributed by atoms with E-state index in [1.54, 1.807) is 21.3 Å². The summed E-state index contributed by atoms with van der Waals surface area (Å²) >= 11 is 0. The minimum Gasteiger partial charge on any atom is -0.377 e. The molecule has 0 rings (SSSR count). The molecule has 0 saturated heterocycles. The molecule has 0 aromatic rings. The van der Waals surface area contributed by atoms with Crippen molar-refractivity contribution < 1.29 is 18.0 Å². The fraction of sp³-hybridized carbons (Fsp3) is 1.00. The van der Waals surface area contributed by atoms with Crippen molar-refractivity contribution in [1.82, 2.24) is 0 Å². The Morgan fingerprint density at radius 1 is 0.667 bits per heavy atom. The lowest BCUT2D eigenvalue weighted by atomic mass is 10.1. The van der Waals surface area contributed by atoms with Crippen molar-refractivity contribution >= 4 is 8.80 Å². The lowest BCUT2D eigenvalue weighted by Gasteiger charge is -2.24. The van der Waals surface area contributed by atoms with Crippen LogP contribution in [-0.4, -0.2) is 30.1 Å². The first-order valence-electron chi connectivity index (χ1n) is 6.90. The highest BCUT2D eigenvalue weighted by molar-refractivity contribution is 6.60. The van der Waals surface area contributed by atoms with Crippen LogP contribution in [0.4, 0.5) is 4.70 Å². The molecule has 0 aromatic carbocycles. The van der Waals surface area contributed by atoms with Crippen LogP contribution in [-0.2, 0) is 13.3 Å². The van der Waals surface area contributed by atoms with Crippen LogP contribution in [0.1, 0.15) is 58.3 Å². The summed E-state index contributed by atoms with van der Waals surface area (Å²) in [5.74, 6) is 0. The van der Waals surface area contributed by atoms with E-state index in [2.05, 4.69) is 6.92 Å². The van der Waals surface area contributed by atoms with E-state index in [0.717, 1.165) is 12.5 Å². The summed E-state index contributed by atoms with van der Waals surface area (Å²) in [4.78, 5) is 0. The second kappa shape index (κ2) is 13.5. The van der Waals surface area contributed by atoms with Gasteiger partial charge in [0.05, 0.1) is 0 Å². The molecule has 0 aliphatic rings. The molecule has 5 heteroatoms. The summed E-state index contributed by atoms with van der Waals surface area (Å²) in [6.45, 7) is 2.25. The summed E-state index contributed by atoms with van der Waals surface area (Å²) < 4.78 is 16.2. The third kappa shape index (κ3) is 9.02. The van der Waals surface area contributed by atoms with E-state index in [9.17, 15) is 0 Å². The molecule has 0 unspecified atom stereocenters. The van der Waals surface area contributed by atoms with E-state index >= 15 is 0 Å². The Morgan fingerprint density at radius 2 is 1.06 bits per heavy atom. The van der Waals surface area contributed by atoms with Gasteiger partial charge in [0.1, 0.15) is 0 Å². The molecular weight excluding hydrogens is 251 g/mol. The molecule has 0 heterocycles. The SMILES string of the molecule is CCCCCCCCCC[Si](OC)(OC)OC.F. The van der Waals surface area contributed by atoms with E-state index in [0.29, 0.717) is 0 Å². The molecule has 0 saturated carbocycles. The van der Waals surface area contributed by atoms with Gasteiger partial charge in [-0.15, -0.1) is 0 Å². The maximum Gasteiger partial charge on any atom is 0.500 e. The summed E-state index contributed by atoms with van der Waals surface area (Å²) in [6.07, 6.45) is 10.6. The van der Waals surface area contributed by atoms with Crippen molar-refractivity contribution in [3.8, 4) is 0 Å². The molecule has 18 heavy (non-hydrogen) atoms. The Kier molecular flexibility index (Phi) is 15.2. The van der Waals surface area contributed by atoms with Crippen LogP contribution >= 0.6 is 0 Å². The largest absolute Gasteiger partial charge is 0.500 e. The highest BCUT2D eigenvalue weighted by atomic mass is 28.4. The van der Waals surface area contributed by atoms with Gasteiger partial charge in [-0.05, 0) is 6.42 Å². The summed E-state index contributed by atoms with van der Waals surface area (Å²) in [7, 11) is 2.75. The number of hydrogen-bond donors (Lipinski definition) is 0. The van der Waals surface area contributed by atoms with Crippen LogP contribution in [0.2, 0.25) is 6.04 Å². The maximum atomic E-state index is 5.39. The predicted molar refractivity (Wildman–Crippen MR) is 76.7 cm³/mol. The average Bonchev–Trinajstić information content (AvgIpc) is 2.38. The molecule has 0 atom stereocenters. The van der Waals surface area contributed by atoms with Crippen molar-refractivity contribution in [2.24, 2.45) is 0 Å². The smallest absolute Gasteiger partial charge is 0.377 e. The Labute approximate surface area is 113 Å². The minimum absolute atomic E-state index is 0. The Hall–Kier alpha value is 0.0269. The Morgan fingerprint density at radius 3 is 1.44 bits per heavy atom. The van der Waals surface area contributed by atoms with Crippen LogP contribution in [0.25, 0.3) is 0 Å². The van der Waals surface area contributed by atoms with Crippen molar-refractivity contribution in [1.29, 1.82) is 0 Å².